The monoisotopic (exact) mass is 197 g/mol. The predicted molar refractivity (Wildman–Crippen MR) is 54.1 cm³/mol. The first-order valence-corrected chi connectivity index (χ1v) is 5.68. The van der Waals surface area contributed by atoms with Crippen LogP contribution in [-0.2, 0) is 4.79 Å². The SMILES string of the molecule is O=C(O)C1CCNCC12CCCCC2. The summed E-state index contributed by atoms with van der Waals surface area (Å²) in [5.74, 6) is -0.669. The minimum absolute atomic E-state index is 0.0856. The second kappa shape index (κ2) is 3.89. The Bertz CT molecular complexity index is 213. The summed E-state index contributed by atoms with van der Waals surface area (Å²) < 4.78 is 0. The maximum absolute atomic E-state index is 11.2. The lowest BCUT2D eigenvalue weighted by Crippen LogP contribution is -2.50. The van der Waals surface area contributed by atoms with E-state index in [1.165, 1.54) is 19.3 Å². The molecule has 0 aromatic rings. The lowest BCUT2D eigenvalue weighted by molar-refractivity contribution is -0.149. The fourth-order valence-electron chi connectivity index (χ4n) is 3.18. The number of piperidine rings is 1. The van der Waals surface area contributed by atoms with E-state index >= 15 is 0 Å². The van der Waals surface area contributed by atoms with Crippen molar-refractivity contribution in [2.24, 2.45) is 11.3 Å². The lowest BCUT2D eigenvalue weighted by atomic mass is 9.63. The van der Waals surface area contributed by atoms with Gasteiger partial charge in [-0.1, -0.05) is 19.3 Å². The van der Waals surface area contributed by atoms with Crippen LogP contribution in [0.2, 0.25) is 0 Å². The number of rotatable bonds is 1. The van der Waals surface area contributed by atoms with Gasteiger partial charge in [-0.2, -0.15) is 0 Å². The topological polar surface area (TPSA) is 49.3 Å². The molecule has 80 valence electrons. The van der Waals surface area contributed by atoms with E-state index in [0.29, 0.717) is 0 Å². The van der Waals surface area contributed by atoms with Crippen LogP contribution in [0.15, 0.2) is 0 Å². The van der Waals surface area contributed by atoms with E-state index in [1.807, 2.05) is 0 Å². The molecule has 1 aliphatic heterocycles. The van der Waals surface area contributed by atoms with Gasteiger partial charge in [-0.25, -0.2) is 0 Å². The number of carbonyl (C=O) groups is 1. The molecular weight excluding hydrogens is 178 g/mol. The van der Waals surface area contributed by atoms with Gasteiger partial charge in [-0.05, 0) is 31.2 Å². The third-order valence-electron chi connectivity index (χ3n) is 3.97. The zero-order valence-electron chi connectivity index (χ0n) is 8.59. The molecule has 1 atom stereocenters. The molecule has 2 fully saturated rings. The Balaban J connectivity index is 2.14. The molecule has 3 nitrogen and oxygen atoms in total. The van der Waals surface area contributed by atoms with E-state index in [4.69, 9.17) is 0 Å². The first kappa shape index (κ1) is 9.97. The lowest BCUT2D eigenvalue weighted by Gasteiger charge is -2.45. The number of hydrogen-bond acceptors (Lipinski definition) is 2. The minimum atomic E-state index is -0.576. The Morgan fingerprint density at radius 1 is 1.29 bits per heavy atom. The van der Waals surface area contributed by atoms with Gasteiger partial charge in [-0.3, -0.25) is 4.79 Å². The molecule has 0 aromatic carbocycles. The van der Waals surface area contributed by atoms with Gasteiger partial charge >= 0.3 is 5.97 Å². The minimum Gasteiger partial charge on any atom is -0.481 e. The zero-order valence-corrected chi connectivity index (χ0v) is 8.59. The van der Waals surface area contributed by atoms with Crippen LogP contribution in [-0.4, -0.2) is 24.2 Å². The van der Waals surface area contributed by atoms with Crippen molar-refractivity contribution in [2.45, 2.75) is 38.5 Å². The van der Waals surface area contributed by atoms with Crippen molar-refractivity contribution >= 4 is 5.97 Å². The quantitative estimate of drug-likeness (QED) is 0.671. The highest BCUT2D eigenvalue weighted by Gasteiger charge is 2.44. The van der Waals surface area contributed by atoms with Gasteiger partial charge in [0, 0.05) is 6.54 Å². The van der Waals surface area contributed by atoms with Crippen LogP contribution in [0.4, 0.5) is 0 Å². The molecule has 2 aliphatic rings. The number of carboxylic acids is 1. The molecule has 0 aromatic heterocycles. The molecule has 1 unspecified atom stereocenters. The molecule has 0 bridgehead atoms. The molecule has 1 saturated heterocycles. The van der Waals surface area contributed by atoms with Gasteiger partial charge in [0.15, 0.2) is 0 Å². The summed E-state index contributed by atoms with van der Waals surface area (Å²) >= 11 is 0. The fourth-order valence-corrected chi connectivity index (χ4v) is 3.18. The van der Waals surface area contributed by atoms with Gasteiger partial charge in [-0.15, -0.1) is 0 Å². The van der Waals surface area contributed by atoms with Crippen molar-refractivity contribution in [1.29, 1.82) is 0 Å². The standard InChI is InChI=1S/C11H19NO2/c13-10(14)9-4-7-12-8-11(9)5-2-1-3-6-11/h9,12H,1-8H2,(H,13,14). The van der Waals surface area contributed by atoms with E-state index in [9.17, 15) is 9.90 Å². The molecule has 1 saturated carbocycles. The van der Waals surface area contributed by atoms with Crippen LogP contribution in [0.5, 0.6) is 0 Å². The Kier molecular flexibility index (Phi) is 2.77. The number of carboxylic acid groups (broad SMARTS) is 1. The average molecular weight is 197 g/mol. The molecule has 2 rings (SSSR count). The third-order valence-corrected chi connectivity index (χ3v) is 3.97. The van der Waals surface area contributed by atoms with Crippen molar-refractivity contribution in [1.82, 2.24) is 5.32 Å². The van der Waals surface area contributed by atoms with Gasteiger partial charge < -0.3 is 10.4 Å². The van der Waals surface area contributed by atoms with Gasteiger partial charge in [0.25, 0.3) is 0 Å². The van der Waals surface area contributed by atoms with E-state index in [-0.39, 0.29) is 11.3 Å². The maximum Gasteiger partial charge on any atom is 0.307 e. The molecule has 1 spiro atoms. The Labute approximate surface area is 84.9 Å². The summed E-state index contributed by atoms with van der Waals surface area (Å²) in [4.78, 5) is 11.2. The number of aliphatic carboxylic acids is 1. The van der Waals surface area contributed by atoms with Crippen LogP contribution < -0.4 is 5.32 Å². The summed E-state index contributed by atoms with van der Waals surface area (Å²) in [6.07, 6.45) is 6.74. The molecule has 3 heteroatoms. The molecule has 0 radical (unpaired) electrons. The van der Waals surface area contributed by atoms with Gasteiger partial charge in [0.2, 0.25) is 0 Å². The van der Waals surface area contributed by atoms with Crippen LogP contribution in [0.25, 0.3) is 0 Å². The van der Waals surface area contributed by atoms with Crippen LogP contribution in [0, 0.1) is 11.3 Å². The van der Waals surface area contributed by atoms with E-state index < -0.39 is 5.97 Å². The summed E-state index contributed by atoms with van der Waals surface area (Å²) in [6.45, 7) is 1.79. The largest absolute Gasteiger partial charge is 0.481 e. The molecule has 2 N–H and O–H groups in total. The highest BCUT2D eigenvalue weighted by Crippen LogP contribution is 2.45. The molecular formula is C11H19NO2. The highest BCUT2D eigenvalue weighted by atomic mass is 16.4. The van der Waals surface area contributed by atoms with Crippen molar-refractivity contribution in [3.63, 3.8) is 0 Å². The first-order chi connectivity index (χ1) is 6.75. The summed E-state index contributed by atoms with van der Waals surface area (Å²) in [5, 5.41) is 12.6. The second-order valence-corrected chi connectivity index (χ2v) is 4.78. The summed E-state index contributed by atoms with van der Waals surface area (Å²) in [7, 11) is 0. The first-order valence-electron chi connectivity index (χ1n) is 5.68. The van der Waals surface area contributed by atoms with Crippen molar-refractivity contribution in [3.8, 4) is 0 Å². The van der Waals surface area contributed by atoms with Crippen molar-refractivity contribution < 1.29 is 9.90 Å². The van der Waals surface area contributed by atoms with Gasteiger partial charge in [0.05, 0.1) is 5.92 Å². The second-order valence-electron chi connectivity index (χ2n) is 4.78. The van der Waals surface area contributed by atoms with Gasteiger partial charge in [0.1, 0.15) is 0 Å². The Hall–Kier alpha value is -0.570. The molecule has 0 amide bonds. The third kappa shape index (κ3) is 1.65. The highest BCUT2D eigenvalue weighted by molar-refractivity contribution is 5.71. The van der Waals surface area contributed by atoms with E-state index in [2.05, 4.69) is 5.32 Å². The summed E-state index contributed by atoms with van der Waals surface area (Å²) in [5.41, 5.74) is 0.0856. The van der Waals surface area contributed by atoms with E-state index in [1.54, 1.807) is 0 Å². The van der Waals surface area contributed by atoms with Crippen LogP contribution in [0.1, 0.15) is 38.5 Å². The number of nitrogens with one attached hydrogen (secondary N) is 1. The maximum atomic E-state index is 11.2. The van der Waals surface area contributed by atoms with Crippen LogP contribution in [0.3, 0.4) is 0 Å². The number of hydrogen-bond donors (Lipinski definition) is 2. The summed E-state index contributed by atoms with van der Waals surface area (Å²) in [6, 6.07) is 0. The fraction of sp³-hybridized carbons (Fsp3) is 0.909. The molecule has 14 heavy (non-hydrogen) atoms. The average Bonchev–Trinajstić information content (AvgIpc) is 2.19. The molecule has 1 heterocycles. The smallest absolute Gasteiger partial charge is 0.307 e. The Morgan fingerprint density at radius 3 is 2.64 bits per heavy atom. The van der Waals surface area contributed by atoms with Crippen LogP contribution >= 0.6 is 0 Å². The normalized spacial score (nSPS) is 31.6. The zero-order chi connectivity index (χ0) is 10.0. The van der Waals surface area contributed by atoms with Crippen molar-refractivity contribution in [2.75, 3.05) is 13.1 Å². The predicted octanol–water partition coefficient (Wildman–Crippen LogP) is 1.63. The van der Waals surface area contributed by atoms with E-state index in [0.717, 1.165) is 32.4 Å². The van der Waals surface area contributed by atoms with Crippen molar-refractivity contribution in [3.05, 3.63) is 0 Å². The molecule has 1 aliphatic carbocycles. The Morgan fingerprint density at radius 2 is 2.00 bits per heavy atom.